The number of carbonyl (C=O) groups excluding carboxylic acids is 1. The first kappa shape index (κ1) is 10.8. The smallest absolute Gasteiger partial charge is 0.228 e. The van der Waals surface area contributed by atoms with Gasteiger partial charge in [0.05, 0.1) is 23.5 Å². The number of carbonyl (C=O) groups is 1. The molecule has 0 fully saturated rings. The van der Waals surface area contributed by atoms with Crippen LogP contribution in [0, 0.1) is 0 Å². The van der Waals surface area contributed by atoms with Crippen molar-refractivity contribution < 1.29 is 9.53 Å². The normalized spacial score (nSPS) is 11.0. The van der Waals surface area contributed by atoms with Crippen LogP contribution in [-0.4, -0.2) is 17.6 Å². The van der Waals surface area contributed by atoms with Crippen LogP contribution in [0.25, 0.3) is 21.8 Å². The molecular formula is C15H13NO2. The number of rotatable bonds is 1. The Morgan fingerprint density at radius 1 is 1.06 bits per heavy atom. The van der Waals surface area contributed by atoms with Crippen LogP contribution in [0.2, 0.25) is 0 Å². The molecule has 18 heavy (non-hydrogen) atoms. The fraction of sp³-hybridized carbons (Fsp3) is 0.133. The van der Waals surface area contributed by atoms with Gasteiger partial charge < -0.3 is 4.74 Å². The van der Waals surface area contributed by atoms with E-state index < -0.39 is 0 Å². The Morgan fingerprint density at radius 3 is 2.50 bits per heavy atom. The van der Waals surface area contributed by atoms with Crippen LogP contribution >= 0.6 is 0 Å². The minimum absolute atomic E-state index is 0.00875. The zero-order chi connectivity index (χ0) is 12.7. The van der Waals surface area contributed by atoms with E-state index in [2.05, 4.69) is 0 Å². The van der Waals surface area contributed by atoms with E-state index in [9.17, 15) is 4.79 Å². The second kappa shape index (κ2) is 3.88. The molecule has 0 aliphatic heterocycles. The minimum atomic E-state index is 0.00875. The summed E-state index contributed by atoms with van der Waals surface area (Å²) in [6, 6.07) is 13.6. The number of aromatic nitrogens is 1. The van der Waals surface area contributed by atoms with Crippen LogP contribution in [0.5, 0.6) is 5.75 Å². The monoisotopic (exact) mass is 239 g/mol. The summed E-state index contributed by atoms with van der Waals surface area (Å²) < 4.78 is 7.13. The predicted molar refractivity (Wildman–Crippen MR) is 72.3 cm³/mol. The van der Waals surface area contributed by atoms with Crippen molar-refractivity contribution in [1.29, 1.82) is 0 Å². The van der Waals surface area contributed by atoms with E-state index in [1.807, 2.05) is 42.5 Å². The Kier molecular flexibility index (Phi) is 2.33. The molecule has 1 heterocycles. The van der Waals surface area contributed by atoms with Gasteiger partial charge in [0.15, 0.2) is 0 Å². The molecule has 0 amide bonds. The molecule has 2 aromatic carbocycles. The van der Waals surface area contributed by atoms with Gasteiger partial charge in [-0.1, -0.05) is 24.3 Å². The van der Waals surface area contributed by atoms with E-state index in [-0.39, 0.29) is 5.91 Å². The van der Waals surface area contributed by atoms with E-state index >= 15 is 0 Å². The second-order valence-electron chi connectivity index (χ2n) is 4.23. The van der Waals surface area contributed by atoms with Gasteiger partial charge in [-0.25, -0.2) is 0 Å². The highest BCUT2D eigenvalue weighted by Crippen LogP contribution is 2.35. The molecule has 3 heteroatoms. The summed E-state index contributed by atoms with van der Waals surface area (Å²) >= 11 is 0. The second-order valence-corrected chi connectivity index (χ2v) is 4.23. The maximum atomic E-state index is 11.9. The number of fused-ring (bicyclic) bond motifs is 3. The largest absolute Gasteiger partial charge is 0.496 e. The summed E-state index contributed by atoms with van der Waals surface area (Å²) in [4.78, 5) is 11.9. The molecule has 90 valence electrons. The Labute approximate surface area is 105 Å². The van der Waals surface area contributed by atoms with Gasteiger partial charge in [-0.3, -0.25) is 9.36 Å². The van der Waals surface area contributed by atoms with Crippen molar-refractivity contribution in [1.82, 2.24) is 4.57 Å². The molecule has 3 nitrogen and oxygen atoms in total. The molecule has 0 atom stereocenters. The molecular weight excluding hydrogens is 226 g/mol. The summed E-state index contributed by atoms with van der Waals surface area (Å²) in [7, 11) is 1.65. The molecule has 0 unspecified atom stereocenters. The standard InChI is InChI=1S/C15H13NO2/c1-10(17)16-12-7-4-3-6-11(12)15-13(16)8-5-9-14(15)18-2/h3-9H,1-2H3. The molecule has 1 aromatic heterocycles. The average Bonchev–Trinajstić information content (AvgIpc) is 2.73. The number of methoxy groups -OCH3 is 1. The Bertz CT molecular complexity index is 756. The summed E-state index contributed by atoms with van der Waals surface area (Å²) in [6.07, 6.45) is 0. The van der Waals surface area contributed by atoms with Crippen LogP contribution in [-0.2, 0) is 0 Å². The van der Waals surface area contributed by atoms with Crippen molar-refractivity contribution in [3.05, 3.63) is 42.5 Å². The topological polar surface area (TPSA) is 31.2 Å². The van der Waals surface area contributed by atoms with Gasteiger partial charge in [0.1, 0.15) is 5.75 Å². The third-order valence-corrected chi connectivity index (χ3v) is 3.19. The minimum Gasteiger partial charge on any atom is -0.496 e. The van der Waals surface area contributed by atoms with Gasteiger partial charge in [0.25, 0.3) is 0 Å². The molecule has 0 spiro atoms. The van der Waals surface area contributed by atoms with E-state index in [0.29, 0.717) is 0 Å². The number of hydrogen-bond donors (Lipinski definition) is 0. The van der Waals surface area contributed by atoms with Crippen molar-refractivity contribution >= 4 is 27.7 Å². The quantitative estimate of drug-likeness (QED) is 0.651. The first-order valence-corrected chi connectivity index (χ1v) is 5.81. The van der Waals surface area contributed by atoms with Crippen molar-refractivity contribution in [2.24, 2.45) is 0 Å². The number of benzene rings is 2. The fourth-order valence-electron chi connectivity index (χ4n) is 2.50. The average molecular weight is 239 g/mol. The predicted octanol–water partition coefficient (Wildman–Crippen LogP) is 3.46. The van der Waals surface area contributed by atoms with E-state index in [1.165, 1.54) is 0 Å². The Morgan fingerprint density at radius 2 is 1.78 bits per heavy atom. The molecule has 0 saturated carbocycles. The van der Waals surface area contributed by atoms with Crippen molar-refractivity contribution in [3.8, 4) is 5.75 Å². The van der Waals surface area contributed by atoms with E-state index in [0.717, 1.165) is 27.6 Å². The van der Waals surface area contributed by atoms with Crippen LogP contribution in [0.3, 0.4) is 0 Å². The highest BCUT2D eigenvalue weighted by Gasteiger charge is 2.15. The Balaban J connectivity index is 2.62. The van der Waals surface area contributed by atoms with Crippen molar-refractivity contribution in [2.45, 2.75) is 6.92 Å². The highest BCUT2D eigenvalue weighted by molar-refractivity contribution is 6.15. The number of hydrogen-bond acceptors (Lipinski definition) is 2. The molecule has 0 radical (unpaired) electrons. The van der Waals surface area contributed by atoms with Crippen LogP contribution in [0.15, 0.2) is 42.5 Å². The van der Waals surface area contributed by atoms with Gasteiger partial charge in [0.2, 0.25) is 5.91 Å². The van der Waals surface area contributed by atoms with Gasteiger partial charge in [0, 0.05) is 12.3 Å². The molecule has 0 bridgehead atoms. The lowest BCUT2D eigenvalue weighted by Gasteiger charge is -2.03. The molecule has 0 saturated heterocycles. The van der Waals surface area contributed by atoms with Gasteiger partial charge in [-0.2, -0.15) is 0 Å². The molecule has 0 aliphatic rings. The first-order chi connectivity index (χ1) is 8.74. The summed E-state index contributed by atoms with van der Waals surface area (Å²) in [5.41, 5.74) is 1.81. The van der Waals surface area contributed by atoms with Crippen LogP contribution in [0.4, 0.5) is 0 Å². The number of para-hydroxylation sites is 1. The summed E-state index contributed by atoms with van der Waals surface area (Å²) in [5.74, 6) is 0.804. The van der Waals surface area contributed by atoms with Crippen molar-refractivity contribution in [2.75, 3.05) is 7.11 Å². The highest BCUT2D eigenvalue weighted by atomic mass is 16.5. The van der Waals surface area contributed by atoms with Crippen LogP contribution in [0.1, 0.15) is 11.7 Å². The molecule has 3 rings (SSSR count). The number of nitrogens with zero attached hydrogens (tertiary/aromatic N) is 1. The molecule has 3 aromatic rings. The maximum Gasteiger partial charge on any atom is 0.228 e. The SMILES string of the molecule is COc1cccc2c1c1ccccc1n2C(C)=O. The van der Waals surface area contributed by atoms with Crippen LogP contribution < -0.4 is 4.74 Å². The fourth-order valence-corrected chi connectivity index (χ4v) is 2.50. The lowest BCUT2D eigenvalue weighted by atomic mass is 10.1. The zero-order valence-electron chi connectivity index (χ0n) is 10.3. The van der Waals surface area contributed by atoms with E-state index in [1.54, 1.807) is 18.6 Å². The third-order valence-electron chi connectivity index (χ3n) is 3.19. The maximum absolute atomic E-state index is 11.9. The lowest BCUT2D eigenvalue weighted by molar-refractivity contribution is 0.0946. The molecule has 0 aliphatic carbocycles. The Hall–Kier alpha value is -2.29. The first-order valence-electron chi connectivity index (χ1n) is 5.81. The van der Waals surface area contributed by atoms with Gasteiger partial charge in [-0.15, -0.1) is 0 Å². The van der Waals surface area contributed by atoms with Crippen molar-refractivity contribution in [3.63, 3.8) is 0 Å². The van der Waals surface area contributed by atoms with Gasteiger partial charge >= 0.3 is 0 Å². The third kappa shape index (κ3) is 1.34. The number of ether oxygens (including phenoxy) is 1. The molecule has 0 N–H and O–H groups in total. The van der Waals surface area contributed by atoms with E-state index in [4.69, 9.17) is 4.74 Å². The summed E-state index contributed by atoms with van der Waals surface area (Å²) in [6.45, 7) is 1.57. The lowest BCUT2D eigenvalue weighted by Crippen LogP contribution is -2.04. The summed E-state index contributed by atoms with van der Waals surface area (Å²) in [5, 5.41) is 2.03. The van der Waals surface area contributed by atoms with Gasteiger partial charge in [-0.05, 0) is 18.2 Å². The zero-order valence-corrected chi connectivity index (χ0v) is 10.3.